The second-order valence-electron chi connectivity index (χ2n) is 7.32. The van der Waals surface area contributed by atoms with Crippen LogP contribution >= 0.6 is 11.8 Å². The second-order valence-corrected chi connectivity index (χ2v) is 8.26. The molecule has 0 aliphatic heterocycles. The van der Waals surface area contributed by atoms with Gasteiger partial charge in [-0.2, -0.15) is 5.26 Å². The van der Waals surface area contributed by atoms with Crippen LogP contribution in [0.3, 0.4) is 0 Å². The van der Waals surface area contributed by atoms with Crippen LogP contribution in [0.5, 0.6) is 5.75 Å². The fraction of sp³-hybridized carbons (Fsp3) is 0.154. The van der Waals surface area contributed by atoms with E-state index in [9.17, 15) is 10.1 Å². The summed E-state index contributed by atoms with van der Waals surface area (Å²) in [5, 5.41) is 21.4. The van der Waals surface area contributed by atoms with E-state index in [0.29, 0.717) is 29.4 Å². The van der Waals surface area contributed by atoms with E-state index in [2.05, 4.69) is 21.6 Å². The van der Waals surface area contributed by atoms with Crippen molar-refractivity contribution in [3.63, 3.8) is 0 Å². The summed E-state index contributed by atoms with van der Waals surface area (Å²) >= 11 is 1.29. The van der Waals surface area contributed by atoms with Crippen molar-refractivity contribution in [3.8, 4) is 17.5 Å². The summed E-state index contributed by atoms with van der Waals surface area (Å²) in [6.45, 7) is 2.54. The Morgan fingerprint density at radius 1 is 1.03 bits per heavy atom. The average molecular weight is 470 g/mol. The Bertz CT molecular complexity index is 1300. The van der Waals surface area contributed by atoms with E-state index in [4.69, 9.17) is 4.74 Å². The lowest BCUT2D eigenvalue weighted by Gasteiger charge is -2.12. The Labute approximate surface area is 202 Å². The van der Waals surface area contributed by atoms with Crippen LogP contribution in [0.4, 0.5) is 5.69 Å². The molecule has 3 aromatic carbocycles. The number of thioether (sulfide) groups is 1. The van der Waals surface area contributed by atoms with Gasteiger partial charge in [0.1, 0.15) is 17.6 Å². The number of carbonyl (C=O) groups excluding carboxylic acids is 1. The summed E-state index contributed by atoms with van der Waals surface area (Å²) in [5.41, 5.74) is 2.92. The molecule has 0 saturated carbocycles. The van der Waals surface area contributed by atoms with E-state index < -0.39 is 0 Å². The molecule has 8 heteroatoms. The number of rotatable bonds is 9. The maximum atomic E-state index is 12.6. The zero-order chi connectivity index (χ0) is 23.8. The fourth-order valence-electron chi connectivity index (χ4n) is 3.41. The monoisotopic (exact) mass is 469 g/mol. The van der Waals surface area contributed by atoms with Crippen LogP contribution in [0.25, 0.3) is 5.69 Å². The number of hydrogen-bond acceptors (Lipinski definition) is 6. The first-order valence-electron chi connectivity index (χ1n) is 10.8. The standard InChI is InChI=1S/C26H23N5O2S/c1-2-33-22-14-12-21(13-15-22)31-24(16-19-8-4-3-5-9-19)29-30-26(31)34-18-25(32)28-23-11-7-6-10-20(23)17-27/h3-15H,2,16,18H2,1H3,(H,28,32). The third kappa shape index (κ3) is 5.63. The number of nitrogens with zero attached hydrogens (tertiary/aromatic N) is 4. The van der Waals surface area contributed by atoms with Crippen molar-refractivity contribution in [2.75, 3.05) is 17.7 Å². The van der Waals surface area contributed by atoms with Crippen molar-refractivity contribution >= 4 is 23.4 Å². The minimum atomic E-state index is -0.224. The first kappa shape index (κ1) is 23.1. The van der Waals surface area contributed by atoms with Gasteiger partial charge in [0.05, 0.1) is 23.6 Å². The quantitative estimate of drug-likeness (QED) is 0.352. The summed E-state index contributed by atoms with van der Waals surface area (Å²) in [5.74, 6) is 1.46. The molecule has 4 aromatic rings. The maximum absolute atomic E-state index is 12.6. The molecule has 34 heavy (non-hydrogen) atoms. The van der Waals surface area contributed by atoms with Gasteiger partial charge in [0.25, 0.3) is 0 Å². The van der Waals surface area contributed by atoms with Crippen molar-refractivity contribution in [2.45, 2.75) is 18.5 Å². The van der Waals surface area contributed by atoms with Gasteiger partial charge in [0, 0.05) is 12.1 Å². The molecule has 0 radical (unpaired) electrons. The number of benzene rings is 3. The highest BCUT2D eigenvalue weighted by Crippen LogP contribution is 2.25. The van der Waals surface area contributed by atoms with Gasteiger partial charge in [-0.05, 0) is 48.9 Å². The van der Waals surface area contributed by atoms with Gasteiger partial charge in [0.15, 0.2) is 5.16 Å². The maximum Gasteiger partial charge on any atom is 0.234 e. The molecule has 0 bridgehead atoms. The molecule has 170 valence electrons. The van der Waals surface area contributed by atoms with Crippen LogP contribution in [-0.4, -0.2) is 33.0 Å². The molecule has 1 heterocycles. The molecular formula is C26H23N5O2S. The Balaban J connectivity index is 1.56. The van der Waals surface area contributed by atoms with Crippen LogP contribution in [0, 0.1) is 11.3 Å². The van der Waals surface area contributed by atoms with Crippen molar-refractivity contribution in [1.82, 2.24) is 14.8 Å². The van der Waals surface area contributed by atoms with Crippen LogP contribution in [0.2, 0.25) is 0 Å². The van der Waals surface area contributed by atoms with Crippen molar-refractivity contribution in [1.29, 1.82) is 5.26 Å². The van der Waals surface area contributed by atoms with Gasteiger partial charge in [-0.25, -0.2) is 0 Å². The molecule has 0 unspecified atom stereocenters. The van der Waals surface area contributed by atoms with Gasteiger partial charge in [-0.1, -0.05) is 54.2 Å². The molecular weight excluding hydrogens is 446 g/mol. The molecule has 0 aliphatic rings. The molecule has 0 fully saturated rings. The Morgan fingerprint density at radius 3 is 2.50 bits per heavy atom. The topological polar surface area (TPSA) is 92.8 Å². The van der Waals surface area contributed by atoms with Gasteiger partial charge in [-0.15, -0.1) is 10.2 Å². The average Bonchev–Trinajstić information content (AvgIpc) is 3.26. The van der Waals surface area contributed by atoms with Crippen molar-refractivity contribution in [2.24, 2.45) is 0 Å². The first-order chi connectivity index (χ1) is 16.7. The second kappa shape index (κ2) is 11.2. The van der Waals surface area contributed by atoms with E-state index in [1.807, 2.05) is 66.1 Å². The number of hydrogen-bond donors (Lipinski definition) is 1. The Hall–Kier alpha value is -4.09. The normalized spacial score (nSPS) is 10.5. The van der Waals surface area contributed by atoms with Crippen LogP contribution in [0.1, 0.15) is 23.9 Å². The molecule has 1 N–H and O–H groups in total. The predicted octanol–water partition coefficient (Wildman–Crippen LogP) is 4.86. The highest BCUT2D eigenvalue weighted by molar-refractivity contribution is 7.99. The van der Waals surface area contributed by atoms with Crippen LogP contribution in [0.15, 0.2) is 84.0 Å². The molecule has 0 saturated heterocycles. The largest absolute Gasteiger partial charge is 0.494 e. The summed E-state index contributed by atoms with van der Waals surface area (Å²) < 4.78 is 7.53. The number of anilines is 1. The third-order valence-electron chi connectivity index (χ3n) is 4.97. The van der Waals surface area contributed by atoms with Gasteiger partial charge < -0.3 is 10.1 Å². The summed E-state index contributed by atoms with van der Waals surface area (Å²) in [6, 6.07) is 26.8. The van der Waals surface area contributed by atoms with Crippen molar-refractivity contribution in [3.05, 3.63) is 95.8 Å². The van der Waals surface area contributed by atoms with Gasteiger partial charge in [0.2, 0.25) is 5.91 Å². The van der Waals surface area contributed by atoms with Gasteiger partial charge in [-0.3, -0.25) is 9.36 Å². The first-order valence-corrected chi connectivity index (χ1v) is 11.8. The number of aromatic nitrogens is 3. The lowest BCUT2D eigenvalue weighted by atomic mass is 10.1. The summed E-state index contributed by atoms with van der Waals surface area (Å²) in [7, 11) is 0. The molecule has 0 spiro atoms. The summed E-state index contributed by atoms with van der Waals surface area (Å²) in [4.78, 5) is 12.6. The molecule has 7 nitrogen and oxygen atoms in total. The Morgan fingerprint density at radius 2 is 1.76 bits per heavy atom. The highest BCUT2D eigenvalue weighted by atomic mass is 32.2. The van der Waals surface area contributed by atoms with E-state index in [1.165, 1.54) is 11.8 Å². The number of amides is 1. The predicted molar refractivity (Wildman–Crippen MR) is 132 cm³/mol. The zero-order valence-corrected chi connectivity index (χ0v) is 19.5. The van der Waals surface area contributed by atoms with Crippen molar-refractivity contribution < 1.29 is 9.53 Å². The number of ether oxygens (including phenoxy) is 1. The van der Waals surface area contributed by atoms with Gasteiger partial charge >= 0.3 is 0 Å². The number of nitrogens with one attached hydrogen (secondary N) is 1. The van der Waals surface area contributed by atoms with E-state index in [-0.39, 0.29) is 11.7 Å². The minimum Gasteiger partial charge on any atom is -0.494 e. The number of carbonyl (C=O) groups is 1. The fourth-order valence-corrected chi connectivity index (χ4v) is 4.18. The summed E-state index contributed by atoms with van der Waals surface area (Å²) in [6.07, 6.45) is 0.601. The number of para-hydroxylation sites is 1. The molecule has 1 aromatic heterocycles. The molecule has 4 rings (SSSR count). The minimum absolute atomic E-state index is 0.125. The SMILES string of the molecule is CCOc1ccc(-n2c(Cc3ccccc3)nnc2SCC(=O)Nc2ccccc2C#N)cc1. The number of nitriles is 1. The molecule has 1 amide bonds. The van der Waals surface area contributed by atoms with E-state index in [0.717, 1.165) is 22.8 Å². The highest BCUT2D eigenvalue weighted by Gasteiger charge is 2.17. The third-order valence-corrected chi connectivity index (χ3v) is 5.89. The smallest absolute Gasteiger partial charge is 0.234 e. The van der Waals surface area contributed by atoms with Crippen LogP contribution < -0.4 is 10.1 Å². The zero-order valence-electron chi connectivity index (χ0n) is 18.6. The molecule has 0 atom stereocenters. The molecule has 0 aliphatic carbocycles. The van der Waals surface area contributed by atoms with E-state index >= 15 is 0 Å². The van der Waals surface area contributed by atoms with E-state index in [1.54, 1.807) is 24.3 Å². The lowest BCUT2D eigenvalue weighted by Crippen LogP contribution is -2.15. The van der Waals surface area contributed by atoms with Crippen LogP contribution in [-0.2, 0) is 11.2 Å². The Kier molecular flexibility index (Phi) is 7.58. The lowest BCUT2D eigenvalue weighted by molar-refractivity contribution is -0.113.